The van der Waals surface area contributed by atoms with E-state index in [0.717, 1.165) is 41.6 Å². The molecule has 1 saturated heterocycles. The largest absolute Gasteiger partial charge is 0.368 e. The molecule has 8 heteroatoms. The third kappa shape index (κ3) is 4.74. The molecule has 0 atom stereocenters. The minimum Gasteiger partial charge on any atom is -0.368 e. The van der Waals surface area contributed by atoms with Crippen LogP contribution in [0.4, 0.5) is 11.8 Å². The molecule has 1 fully saturated rings. The van der Waals surface area contributed by atoms with Crippen LogP contribution >= 0.6 is 0 Å². The number of piperidine rings is 1. The molecule has 0 bridgehead atoms. The van der Waals surface area contributed by atoms with Gasteiger partial charge in [0.25, 0.3) is 0 Å². The second-order valence-corrected chi connectivity index (χ2v) is 8.68. The van der Waals surface area contributed by atoms with Gasteiger partial charge in [0, 0.05) is 24.2 Å². The number of aromatic nitrogens is 6. The molecule has 2 N–H and O–H groups in total. The van der Waals surface area contributed by atoms with Crippen molar-refractivity contribution in [1.82, 2.24) is 29.9 Å². The molecule has 4 heterocycles. The van der Waals surface area contributed by atoms with Crippen LogP contribution in [0, 0.1) is 18.3 Å². The summed E-state index contributed by atoms with van der Waals surface area (Å²) < 4.78 is 1.76. The third-order valence-corrected chi connectivity index (χ3v) is 6.09. The lowest BCUT2D eigenvalue weighted by atomic mass is 9.99. The van der Waals surface area contributed by atoms with Gasteiger partial charge in [-0.1, -0.05) is 36.3 Å². The van der Waals surface area contributed by atoms with E-state index in [0.29, 0.717) is 23.6 Å². The summed E-state index contributed by atoms with van der Waals surface area (Å²) in [6.07, 6.45) is 9.79. The van der Waals surface area contributed by atoms with Crippen molar-refractivity contribution in [2.24, 2.45) is 5.92 Å². The van der Waals surface area contributed by atoms with Crippen molar-refractivity contribution in [2.75, 3.05) is 23.7 Å². The average Bonchev–Trinajstić information content (AvgIpc) is 3.33. The number of hydrogen-bond donors (Lipinski definition) is 1. The Labute approximate surface area is 198 Å². The second kappa shape index (κ2) is 9.32. The Kier molecular flexibility index (Phi) is 5.91. The van der Waals surface area contributed by atoms with Crippen molar-refractivity contribution in [1.29, 1.82) is 0 Å². The van der Waals surface area contributed by atoms with Gasteiger partial charge >= 0.3 is 0 Å². The fourth-order valence-electron chi connectivity index (χ4n) is 4.14. The van der Waals surface area contributed by atoms with E-state index in [1.807, 2.05) is 42.6 Å². The molecule has 4 aromatic rings. The lowest BCUT2D eigenvalue weighted by Gasteiger charge is -2.31. The molecule has 3 aromatic heterocycles. The normalized spacial score (nSPS) is 14.2. The summed E-state index contributed by atoms with van der Waals surface area (Å²) in [5.74, 6) is 4.61. The van der Waals surface area contributed by atoms with E-state index >= 15 is 0 Å². The number of pyridine rings is 1. The maximum Gasteiger partial charge on any atom is 0.221 e. The second-order valence-electron chi connectivity index (χ2n) is 8.68. The summed E-state index contributed by atoms with van der Waals surface area (Å²) >= 11 is 0. The number of rotatable bonds is 5. The first-order valence-corrected chi connectivity index (χ1v) is 11.4. The Hall–Kier alpha value is -4.25. The van der Waals surface area contributed by atoms with Crippen molar-refractivity contribution in [2.45, 2.75) is 26.3 Å². The van der Waals surface area contributed by atoms with Crippen molar-refractivity contribution < 1.29 is 0 Å². The molecule has 0 aliphatic carbocycles. The Morgan fingerprint density at radius 2 is 1.79 bits per heavy atom. The van der Waals surface area contributed by atoms with Crippen LogP contribution in [0.25, 0.3) is 22.6 Å². The SMILES string of the molecule is C#Cc1cccc(-c2cc(-c3cn(Cc4cccc(N5CCC(C)CC5)n4)nn3)nc(N)n2)c1. The number of hydrogen-bond acceptors (Lipinski definition) is 7. The standard InChI is InChI=1S/C26H26N8/c1-3-19-6-4-7-20(14-19)22-15-23(30-26(27)29-22)24-17-34(32-31-24)16-21-8-5-9-25(28-21)33-12-10-18(2)11-13-33/h1,4-9,14-15,17-18H,10-13,16H2,2H3,(H2,27,29,30). The third-order valence-electron chi connectivity index (χ3n) is 6.09. The Balaban J connectivity index is 1.36. The quantitative estimate of drug-likeness (QED) is 0.464. The van der Waals surface area contributed by atoms with Crippen LogP contribution in [0.15, 0.2) is 54.7 Å². The number of terminal acetylenes is 1. The van der Waals surface area contributed by atoms with E-state index in [1.165, 1.54) is 12.8 Å². The number of benzene rings is 1. The van der Waals surface area contributed by atoms with Gasteiger partial charge in [-0.2, -0.15) is 0 Å². The number of nitrogen functional groups attached to an aromatic ring is 1. The smallest absolute Gasteiger partial charge is 0.221 e. The van der Waals surface area contributed by atoms with E-state index in [4.69, 9.17) is 17.1 Å². The van der Waals surface area contributed by atoms with E-state index in [-0.39, 0.29) is 5.95 Å². The molecular weight excluding hydrogens is 424 g/mol. The number of nitrogens with two attached hydrogens (primary N) is 1. The maximum absolute atomic E-state index is 6.00. The molecule has 0 unspecified atom stereocenters. The molecule has 34 heavy (non-hydrogen) atoms. The van der Waals surface area contributed by atoms with Crippen LogP contribution in [0.1, 0.15) is 31.0 Å². The van der Waals surface area contributed by atoms with Crippen LogP contribution in [-0.4, -0.2) is 43.0 Å². The highest BCUT2D eigenvalue weighted by atomic mass is 15.4. The number of nitrogens with zero attached hydrogens (tertiary/aromatic N) is 7. The first-order chi connectivity index (χ1) is 16.6. The van der Waals surface area contributed by atoms with Crippen LogP contribution in [0.3, 0.4) is 0 Å². The fraction of sp³-hybridized carbons (Fsp3) is 0.269. The van der Waals surface area contributed by atoms with Crippen molar-refractivity contribution >= 4 is 11.8 Å². The first kappa shape index (κ1) is 21.6. The highest BCUT2D eigenvalue weighted by Gasteiger charge is 2.17. The van der Waals surface area contributed by atoms with Gasteiger partial charge in [0.1, 0.15) is 11.5 Å². The molecule has 1 aliphatic rings. The minimum atomic E-state index is 0.165. The summed E-state index contributed by atoms with van der Waals surface area (Å²) in [5.41, 5.74) is 10.5. The van der Waals surface area contributed by atoms with Gasteiger partial charge in [0.15, 0.2) is 0 Å². The zero-order chi connectivity index (χ0) is 23.5. The summed E-state index contributed by atoms with van der Waals surface area (Å²) in [5, 5.41) is 8.59. The van der Waals surface area contributed by atoms with Gasteiger partial charge < -0.3 is 10.6 Å². The Morgan fingerprint density at radius 3 is 2.62 bits per heavy atom. The monoisotopic (exact) mass is 450 g/mol. The van der Waals surface area contributed by atoms with Gasteiger partial charge in [0.05, 0.1) is 29.8 Å². The van der Waals surface area contributed by atoms with E-state index < -0.39 is 0 Å². The van der Waals surface area contributed by atoms with E-state index in [2.05, 4.69) is 50.2 Å². The zero-order valence-corrected chi connectivity index (χ0v) is 19.1. The van der Waals surface area contributed by atoms with Crippen molar-refractivity contribution in [3.05, 3.63) is 66.0 Å². The van der Waals surface area contributed by atoms with Crippen molar-refractivity contribution in [3.8, 4) is 35.0 Å². The minimum absolute atomic E-state index is 0.165. The Morgan fingerprint density at radius 1 is 1.00 bits per heavy atom. The first-order valence-electron chi connectivity index (χ1n) is 11.4. The predicted octanol–water partition coefficient (Wildman–Crippen LogP) is 3.65. The van der Waals surface area contributed by atoms with E-state index in [9.17, 15) is 0 Å². The maximum atomic E-state index is 6.00. The number of anilines is 2. The van der Waals surface area contributed by atoms with Crippen LogP contribution in [0.2, 0.25) is 0 Å². The molecule has 1 aliphatic heterocycles. The van der Waals surface area contributed by atoms with Gasteiger partial charge in [-0.15, -0.1) is 11.5 Å². The molecule has 5 rings (SSSR count). The fourth-order valence-corrected chi connectivity index (χ4v) is 4.14. The highest BCUT2D eigenvalue weighted by molar-refractivity contribution is 5.68. The summed E-state index contributed by atoms with van der Waals surface area (Å²) in [6.45, 7) is 4.93. The molecule has 8 nitrogen and oxygen atoms in total. The topological polar surface area (TPSA) is 98.6 Å². The van der Waals surface area contributed by atoms with Crippen LogP contribution in [-0.2, 0) is 6.54 Å². The molecular formula is C26H26N8. The van der Waals surface area contributed by atoms with Gasteiger partial charge in [-0.3, -0.25) is 0 Å². The molecule has 170 valence electrons. The predicted molar refractivity (Wildman–Crippen MR) is 133 cm³/mol. The summed E-state index contributed by atoms with van der Waals surface area (Å²) in [4.78, 5) is 15.9. The lowest BCUT2D eigenvalue weighted by molar-refractivity contribution is 0.436. The highest BCUT2D eigenvalue weighted by Crippen LogP contribution is 2.25. The van der Waals surface area contributed by atoms with Crippen molar-refractivity contribution in [3.63, 3.8) is 0 Å². The average molecular weight is 451 g/mol. The van der Waals surface area contributed by atoms with Crippen LogP contribution < -0.4 is 10.6 Å². The molecule has 0 saturated carbocycles. The molecule has 0 amide bonds. The lowest BCUT2D eigenvalue weighted by Crippen LogP contribution is -2.33. The molecule has 0 spiro atoms. The van der Waals surface area contributed by atoms with Gasteiger partial charge in [-0.05, 0) is 49.1 Å². The molecule has 0 radical (unpaired) electrons. The van der Waals surface area contributed by atoms with Gasteiger partial charge in [0.2, 0.25) is 5.95 Å². The summed E-state index contributed by atoms with van der Waals surface area (Å²) in [7, 11) is 0. The van der Waals surface area contributed by atoms with E-state index in [1.54, 1.807) is 4.68 Å². The summed E-state index contributed by atoms with van der Waals surface area (Å²) in [6, 6.07) is 15.6. The zero-order valence-electron chi connectivity index (χ0n) is 19.1. The van der Waals surface area contributed by atoms with Gasteiger partial charge in [-0.25, -0.2) is 19.6 Å². The molecule has 1 aromatic carbocycles. The van der Waals surface area contributed by atoms with Crippen LogP contribution in [0.5, 0.6) is 0 Å². The Bertz CT molecular complexity index is 1340.